The summed E-state index contributed by atoms with van der Waals surface area (Å²) in [5, 5.41) is 0. The van der Waals surface area contributed by atoms with Gasteiger partial charge in [0.1, 0.15) is 12.1 Å². The second-order valence-electron chi connectivity index (χ2n) is 4.06. The van der Waals surface area contributed by atoms with Crippen molar-refractivity contribution in [1.29, 1.82) is 0 Å². The Morgan fingerprint density at radius 2 is 2.00 bits per heavy atom. The van der Waals surface area contributed by atoms with Gasteiger partial charge in [0.25, 0.3) is 0 Å². The third kappa shape index (κ3) is 4.15. The Kier molecular flexibility index (Phi) is 3.96. The molecule has 0 saturated carbocycles. The van der Waals surface area contributed by atoms with Gasteiger partial charge in [0, 0.05) is 6.92 Å². The number of nitrogens with one attached hydrogen (secondary N) is 1. The van der Waals surface area contributed by atoms with Gasteiger partial charge >= 0.3 is 0 Å². The number of rotatable bonds is 5. The first-order valence-electron chi connectivity index (χ1n) is 5.57. The van der Waals surface area contributed by atoms with Crippen molar-refractivity contribution in [1.82, 2.24) is 9.71 Å². The molecule has 0 fully saturated rings. The molecule has 0 spiro atoms. The molecular formula is C12H13FN2O3S. The second-order valence-corrected chi connectivity index (χ2v) is 5.87. The SMILES string of the molecule is Cc1nc(CNS(=O)(=O)Cc2ccc(F)cc2)co1. The Bertz CT molecular complexity index is 650. The van der Waals surface area contributed by atoms with E-state index in [0.29, 0.717) is 17.1 Å². The molecule has 2 aromatic rings. The zero-order valence-electron chi connectivity index (χ0n) is 10.3. The van der Waals surface area contributed by atoms with E-state index in [1.165, 1.54) is 30.5 Å². The van der Waals surface area contributed by atoms with Gasteiger partial charge in [0.15, 0.2) is 5.89 Å². The van der Waals surface area contributed by atoms with Crippen molar-refractivity contribution in [3.63, 3.8) is 0 Å². The summed E-state index contributed by atoms with van der Waals surface area (Å²) in [4.78, 5) is 3.99. The van der Waals surface area contributed by atoms with Crippen LogP contribution in [0.15, 0.2) is 34.9 Å². The second kappa shape index (κ2) is 5.50. The highest BCUT2D eigenvalue weighted by molar-refractivity contribution is 7.88. The van der Waals surface area contributed by atoms with Crippen molar-refractivity contribution in [2.75, 3.05) is 0 Å². The third-order valence-electron chi connectivity index (χ3n) is 2.41. The average molecular weight is 284 g/mol. The van der Waals surface area contributed by atoms with Crippen molar-refractivity contribution in [3.05, 3.63) is 53.5 Å². The Labute approximate surface area is 110 Å². The lowest BCUT2D eigenvalue weighted by atomic mass is 10.2. The van der Waals surface area contributed by atoms with Crippen LogP contribution in [0.2, 0.25) is 0 Å². The Balaban J connectivity index is 1.97. The fourth-order valence-corrected chi connectivity index (χ4v) is 2.63. The van der Waals surface area contributed by atoms with E-state index >= 15 is 0 Å². The molecule has 1 heterocycles. The van der Waals surface area contributed by atoms with E-state index < -0.39 is 15.8 Å². The molecule has 7 heteroatoms. The van der Waals surface area contributed by atoms with Gasteiger partial charge in [-0.1, -0.05) is 12.1 Å². The predicted molar refractivity (Wildman–Crippen MR) is 67.1 cm³/mol. The highest BCUT2D eigenvalue weighted by atomic mass is 32.2. The molecule has 102 valence electrons. The topological polar surface area (TPSA) is 72.2 Å². The molecule has 0 aliphatic rings. The minimum absolute atomic E-state index is 0.0703. The van der Waals surface area contributed by atoms with Gasteiger partial charge in [-0.3, -0.25) is 0 Å². The van der Waals surface area contributed by atoms with Crippen LogP contribution < -0.4 is 4.72 Å². The van der Waals surface area contributed by atoms with E-state index in [9.17, 15) is 12.8 Å². The first-order valence-corrected chi connectivity index (χ1v) is 7.23. The maximum atomic E-state index is 12.7. The highest BCUT2D eigenvalue weighted by Gasteiger charge is 2.12. The molecular weight excluding hydrogens is 271 g/mol. The van der Waals surface area contributed by atoms with Crippen LogP contribution in [0.1, 0.15) is 17.1 Å². The summed E-state index contributed by atoms with van der Waals surface area (Å²) in [5.41, 5.74) is 1.03. The van der Waals surface area contributed by atoms with Crippen molar-refractivity contribution in [3.8, 4) is 0 Å². The number of hydrogen-bond acceptors (Lipinski definition) is 4. The molecule has 1 aromatic heterocycles. The van der Waals surface area contributed by atoms with Crippen molar-refractivity contribution >= 4 is 10.0 Å². The largest absolute Gasteiger partial charge is 0.449 e. The number of aryl methyl sites for hydroxylation is 1. The Morgan fingerprint density at radius 3 is 2.58 bits per heavy atom. The van der Waals surface area contributed by atoms with E-state index in [2.05, 4.69) is 9.71 Å². The maximum absolute atomic E-state index is 12.7. The molecule has 1 aromatic carbocycles. The maximum Gasteiger partial charge on any atom is 0.216 e. The van der Waals surface area contributed by atoms with Gasteiger partial charge < -0.3 is 4.42 Å². The van der Waals surface area contributed by atoms with E-state index in [-0.39, 0.29) is 12.3 Å². The Morgan fingerprint density at radius 1 is 1.32 bits per heavy atom. The number of aromatic nitrogens is 1. The van der Waals surface area contributed by atoms with Crippen molar-refractivity contribution in [2.45, 2.75) is 19.2 Å². The summed E-state index contributed by atoms with van der Waals surface area (Å²) < 4.78 is 43.7. The summed E-state index contributed by atoms with van der Waals surface area (Å²) in [6.07, 6.45) is 1.40. The van der Waals surface area contributed by atoms with E-state index in [4.69, 9.17) is 4.42 Å². The normalized spacial score (nSPS) is 11.7. The van der Waals surface area contributed by atoms with Gasteiger partial charge in [-0.25, -0.2) is 22.5 Å². The first-order chi connectivity index (χ1) is 8.94. The van der Waals surface area contributed by atoms with Crippen LogP contribution in [-0.2, 0) is 22.3 Å². The summed E-state index contributed by atoms with van der Waals surface area (Å²) in [7, 11) is -3.49. The zero-order chi connectivity index (χ0) is 13.9. The van der Waals surface area contributed by atoms with Gasteiger partial charge in [0.05, 0.1) is 18.0 Å². The molecule has 1 N–H and O–H groups in total. The van der Waals surface area contributed by atoms with Crippen LogP contribution in [0.4, 0.5) is 4.39 Å². The van der Waals surface area contributed by atoms with E-state index in [1.807, 2.05) is 0 Å². The standard InChI is InChI=1S/C12H13FN2O3S/c1-9-15-12(7-18-9)6-14-19(16,17)8-10-2-4-11(13)5-3-10/h2-5,7,14H,6,8H2,1H3. The van der Waals surface area contributed by atoms with Gasteiger partial charge in [-0.2, -0.15) is 0 Å². The molecule has 0 amide bonds. The molecule has 0 aliphatic carbocycles. The number of sulfonamides is 1. The quantitative estimate of drug-likeness (QED) is 0.907. The molecule has 0 atom stereocenters. The first kappa shape index (κ1) is 13.7. The number of hydrogen-bond donors (Lipinski definition) is 1. The van der Waals surface area contributed by atoms with Crippen molar-refractivity contribution in [2.24, 2.45) is 0 Å². The van der Waals surface area contributed by atoms with Crippen molar-refractivity contribution < 1.29 is 17.2 Å². The fraction of sp³-hybridized carbons (Fsp3) is 0.250. The lowest BCUT2D eigenvalue weighted by Crippen LogP contribution is -2.24. The van der Waals surface area contributed by atoms with Crippen LogP contribution in [0.5, 0.6) is 0 Å². The number of nitrogens with zero attached hydrogens (tertiary/aromatic N) is 1. The third-order valence-corrected chi connectivity index (χ3v) is 3.71. The molecule has 0 bridgehead atoms. The molecule has 5 nitrogen and oxygen atoms in total. The molecule has 0 radical (unpaired) electrons. The van der Waals surface area contributed by atoms with Crippen LogP contribution in [-0.4, -0.2) is 13.4 Å². The highest BCUT2D eigenvalue weighted by Crippen LogP contribution is 2.07. The lowest BCUT2D eigenvalue weighted by Gasteiger charge is -2.05. The zero-order valence-corrected chi connectivity index (χ0v) is 11.1. The summed E-state index contributed by atoms with van der Waals surface area (Å²) in [6, 6.07) is 5.33. The van der Waals surface area contributed by atoms with Gasteiger partial charge in [0.2, 0.25) is 10.0 Å². The van der Waals surface area contributed by atoms with E-state index in [0.717, 1.165) is 0 Å². The molecule has 0 aliphatic heterocycles. The minimum atomic E-state index is -3.49. The summed E-state index contributed by atoms with van der Waals surface area (Å²) in [5.74, 6) is -0.121. The summed E-state index contributed by atoms with van der Waals surface area (Å²) in [6.45, 7) is 1.75. The lowest BCUT2D eigenvalue weighted by molar-refractivity contribution is 0.520. The molecule has 0 saturated heterocycles. The van der Waals surface area contributed by atoms with Gasteiger partial charge in [-0.15, -0.1) is 0 Å². The summed E-state index contributed by atoms with van der Waals surface area (Å²) >= 11 is 0. The van der Waals surface area contributed by atoms with Gasteiger partial charge in [-0.05, 0) is 17.7 Å². The predicted octanol–water partition coefficient (Wildman–Crippen LogP) is 1.74. The monoisotopic (exact) mass is 284 g/mol. The van der Waals surface area contributed by atoms with E-state index in [1.54, 1.807) is 6.92 Å². The van der Waals surface area contributed by atoms with Crippen LogP contribution in [0.25, 0.3) is 0 Å². The van der Waals surface area contributed by atoms with Crippen LogP contribution >= 0.6 is 0 Å². The fourth-order valence-electron chi connectivity index (χ4n) is 1.52. The molecule has 0 unspecified atom stereocenters. The van der Waals surface area contributed by atoms with Crippen LogP contribution in [0, 0.1) is 12.7 Å². The number of halogens is 1. The smallest absolute Gasteiger partial charge is 0.216 e. The number of benzene rings is 1. The van der Waals surface area contributed by atoms with Crippen LogP contribution in [0.3, 0.4) is 0 Å². The average Bonchev–Trinajstić information content (AvgIpc) is 2.76. The molecule has 2 rings (SSSR count). The number of oxazole rings is 1. The Hall–Kier alpha value is -1.73. The molecule has 19 heavy (non-hydrogen) atoms. The minimum Gasteiger partial charge on any atom is -0.449 e.